The number of ether oxygens (including phenoxy) is 1. The van der Waals surface area contributed by atoms with Gasteiger partial charge in [0.1, 0.15) is 5.60 Å². The van der Waals surface area contributed by atoms with Crippen molar-refractivity contribution in [2.75, 3.05) is 13.1 Å². The summed E-state index contributed by atoms with van der Waals surface area (Å²) in [4.78, 5) is 17.2. The number of aliphatic hydroxyl groups is 1. The first kappa shape index (κ1) is 20.1. The number of carbonyl (C=O) groups is 1. The Hall–Kier alpha value is -3.22. The molecule has 8 heteroatoms. The molecule has 4 rings (SSSR count). The summed E-state index contributed by atoms with van der Waals surface area (Å²) in [6.45, 7) is 5.77. The van der Waals surface area contributed by atoms with E-state index < -0.39 is 29.9 Å². The fourth-order valence-corrected chi connectivity index (χ4v) is 4.19. The Balaban J connectivity index is 1.83. The molecule has 2 aromatic carbocycles. The van der Waals surface area contributed by atoms with Crippen molar-refractivity contribution in [3.05, 3.63) is 59.0 Å². The predicted octanol–water partition coefficient (Wildman–Crippen LogP) is 4.63. The number of aromatic nitrogens is 1. The normalized spacial score (nSPS) is 22.1. The Kier molecular flexibility index (Phi) is 5.05. The number of carbonyl (C=O) groups excluding carboxylic acids is 1. The van der Waals surface area contributed by atoms with Crippen LogP contribution in [0.1, 0.15) is 26.8 Å². The van der Waals surface area contributed by atoms with Crippen LogP contribution < -0.4 is 0 Å². The molecule has 1 saturated heterocycles. The van der Waals surface area contributed by atoms with E-state index in [4.69, 9.17) is 10.3 Å². The van der Waals surface area contributed by atoms with E-state index in [9.17, 15) is 9.90 Å². The molecule has 1 aromatic heterocycles. The Morgan fingerprint density at radius 2 is 1.67 bits per heavy atom. The number of rotatable bonds is 2. The van der Waals surface area contributed by atoms with Crippen molar-refractivity contribution in [3.8, 4) is 0 Å². The molecule has 0 spiro atoms. The van der Waals surface area contributed by atoms with Crippen LogP contribution in [0.5, 0.6) is 0 Å². The SMILES string of the molecule is CC(C)(C)OC(=O)N1C[C@@H](N=[N+]=[N-])[C@H](O)[C@@H](n2c3ccccc3c3ccccc32)C1. The number of para-hydroxylation sites is 2. The van der Waals surface area contributed by atoms with Gasteiger partial charge in [-0.05, 0) is 38.4 Å². The Bertz CT molecular complexity index is 1090. The molecule has 3 aromatic rings. The second-order valence-corrected chi connectivity index (χ2v) is 8.62. The van der Waals surface area contributed by atoms with Gasteiger partial charge in [0.2, 0.25) is 0 Å². The van der Waals surface area contributed by atoms with Gasteiger partial charge in [0.25, 0.3) is 0 Å². The van der Waals surface area contributed by atoms with E-state index in [1.54, 1.807) is 20.8 Å². The lowest BCUT2D eigenvalue weighted by Gasteiger charge is -2.41. The van der Waals surface area contributed by atoms with Crippen LogP contribution in [0.4, 0.5) is 4.79 Å². The minimum atomic E-state index is -0.946. The minimum Gasteiger partial charge on any atom is -0.444 e. The van der Waals surface area contributed by atoms with Crippen LogP contribution >= 0.6 is 0 Å². The van der Waals surface area contributed by atoms with Gasteiger partial charge >= 0.3 is 6.09 Å². The number of likely N-dealkylation sites (tertiary alicyclic amines) is 1. The summed E-state index contributed by atoms with van der Waals surface area (Å²) in [5, 5.41) is 17.0. The second-order valence-electron chi connectivity index (χ2n) is 8.62. The van der Waals surface area contributed by atoms with Crippen LogP contribution in [-0.4, -0.2) is 51.5 Å². The number of amides is 1. The van der Waals surface area contributed by atoms with Crippen molar-refractivity contribution >= 4 is 27.9 Å². The molecular weight excluding hydrogens is 382 g/mol. The number of benzene rings is 2. The van der Waals surface area contributed by atoms with E-state index in [0.29, 0.717) is 0 Å². The summed E-state index contributed by atoms with van der Waals surface area (Å²) in [6, 6.07) is 14.7. The van der Waals surface area contributed by atoms with Crippen molar-refractivity contribution in [2.45, 2.75) is 44.6 Å². The van der Waals surface area contributed by atoms with Gasteiger partial charge < -0.3 is 19.3 Å². The van der Waals surface area contributed by atoms with Gasteiger partial charge in [-0.15, -0.1) is 0 Å². The molecule has 0 saturated carbocycles. The molecule has 2 heterocycles. The average Bonchev–Trinajstić information content (AvgIpc) is 3.03. The third-order valence-corrected chi connectivity index (χ3v) is 5.40. The fourth-order valence-electron chi connectivity index (χ4n) is 4.19. The summed E-state index contributed by atoms with van der Waals surface area (Å²) in [5.74, 6) is 0. The topological polar surface area (TPSA) is 103 Å². The van der Waals surface area contributed by atoms with Crippen LogP contribution in [0.25, 0.3) is 32.2 Å². The first-order valence-corrected chi connectivity index (χ1v) is 9.98. The van der Waals surface area contributed by atoms with E-state index >= 15 is 0 Å². The smallest absolute Gasteiger partial charge is 0.410 e. The lowest BCUT2D eigenvalue weighted by Crippen LogP contribution is -2.54. The molecule has 0 radical (unpaired) electrons. The number of piperidine rings is 1. The highest BCUT2D eigenvalue weighted by Crippen LogP contribution is 2.36. The molecule has 0 aliphatic carbocycles. The van der Waals surface area contributed by atoms with Gasteiger partial charge in [-0.2, -0.15) is 0 Å². The maximum atomic E-state index is 12.8. The minimum absolute atomic E-state index is 0.105. The number of nitrogens with zero attached hydrogens (tertiary/aromatic N) is 5. The van der Waals surface area contributed by atoms with Crippen LogP contribution in [-0.2, 0) is 4.74 Å². The molecule has 1 aliphatic heterocycles. The standard InChI is InChI=1S/C22H25N5O3/c1-22(2,3)30-21(29)26-12-16(24-25-23)20(28)19(13-26)27-17-10-6-4-8-14(17)15-9-5-7-11-18(15)27/h4-11,16,19-20,28H,12-13H2,1-3H3/t16-,19+,20+/m1/s1. The molecule has 1 aliphatic rings. The largest absolute Gasteiger partial charge is 0.444 e. The molecule has 1 fully saturated rings. The Morgan fingerprint density at radius 3 is 2.20 bits per heavy atom. The lowest BCUT2D eigenvalue weighted by atomic mass is 9.97. The lowest BCUT2D eigenvalue weighted by molar-refractivity contribution is -0.0119. The van der Waals surface area contributed by atoms with Gasteiger partial charge in [-0.25, -0.2) is 4.79 Å². The van der Waals surface area contributed by atoms with Crippen LogP contribution in [0.15, 0.2) is 53.6 Å². The second kappa shape index (κ2) is 7.55. The molecule has 0 unspecified atom stereocenters. The number of azide groups is 1. The quantitative estimate of drug-likeness (QED) is 0.380. The highest BCUT2D eigenvalue weighted by Gasteiger charge is 2.40. The van der Waals surface area contributed by atoms with Gasteiger partial charge in [-0.1, -0.05) is 41.5 Å². The van der Waals surface area contributed by atoms with Gasteiger partial charge in [0.05, 0.1) is 18.2 Å². The number of fused-ring (bicyclic) bond motifs is 3. The number of hydrogen-bond acceptors (Lipinski definition) is 4. The third kappa shape index (κ3) is 3.56. The van der Waals surface area contributed by atoms with E-state index in [0.717, 1.165) is 21.8 Å². The number of hydrogen-bond donors (Lipinski definition) is 1. The summed E-state index contributed by atoms with van der Waals surface area (Å²) in [7, 11) is 0. The van der Waals surface area contributed by atoms with E-state index in [-0.39, 0.29) is 13.1 Å². The first-order chi connectivity index (χ1) is 14.3. The molecule has 156 valence electrons. The van der Waals surface area contributed by atoms with Crippen LogP contribution in [0.2, 0.25) is 0 Å². The van der Waals surface area contributed by atoms with Gasteiger partial charge in [0, 0.05) is 39.8 Å². The molecule has 1 N–H and O–H groups in total. The molecule has 8 nitrogen and oxygen atoms in total. The van der Waals surface area contributed by atoms with Gasteiger partial charge in [-0.3, -0.25) is 0 Å². The Morgan fingerprint density at radius 1 is 1.10 bits per heavy atom. The van der Waals surface area contributed by atoms with E-state index in [2.05, 4.69) is 10.0 Å². The van der Waals surface area contributed by atoms with Crippen molar-refractivity contribution in [1.29, 1.82) is 0 Å². The summed E-state index contributed by atoms with van der Waals surface area (Å²) >= 11 is 0. The first-order valence-electron chi connectivity index (χ1n) is 9.98. The fraction of sp³-hybridized carbons (Fsp3) is 0.409. The zero-order chi connectivity index (χ0) is 21.5. The summed E-state index contributed by atoms with van der Waals surface area (Å²) < 4.78 is 7.59. The molecular formula is C22H25N5O3. The number of aliphatic hydroxyl groups excluding tert-OH is 1. The van der Waals surface area contributed by atoms with Crippen molar-refractivity contribution in [1.82, 2.24) is 9.47 Å². The predicted molar refractivity (Wildman–Crippen MR) is 115 cm³/mol. The summed E-state index contributed by atoms with van der Waals surface area (Å²) in [5.41, 5.74) is 10.3. The van der Waals surface area contributed by atoms with Crippen LogP contribution in [0.3, 0.4) is 0 Å². The van der Waals surface area contributed by atoms with Crippen LogP contribution in [0, 0.1) is 0 Å². The zero-order valence-electron chi connectivity index (χ0n) is 17.3. The monoisotopic (exact) mass is 407 g/mol. The molecule has 30 heavy (non-hydrogen) atoms. The summed E-state index contributed by atoms with van der Waals surface area (Å²) in [6.07, 6.45) is -1.43. The van der Waals surface area contributed by atoms with E-state index in [1.165, 1.54) is 4.90 Å². The Labute approximate surface area is 174 Å². The molecule has 0 bridgehead atoms. The van der Waals surface area contributed by atoms with Gasteiger partial charge in [0.15, 0.2) is 0 Å². The average molecular weight is 407 g/mol. The van der Waals surface area contributed by atoms with Crippen molar-refractivity contribution in [3.63, 3.8) is 0 Å². The van der Waals surface area contributed by atoms with Crippen molar-refractivity contribution < 1.29 is 14.6 Å². The molecule has 1 amide bonds. The highest BCUT2D eigenvalue weighted by molar-refractivity contribution is 6.08. The zero-order valence-corrected chi connectivity index (χ0v) is 17.3. The van der Waals surface area contributed by atoms with E-state index in [1.807, 2.05) is 53.1 Å². The highest BCUT2D eigenvalue weighted by atomic mass is 16.6. The maximum Gasteiger partial charge on any atom is 0.410 e. The third-order valence-electron chi connectivity index (χ3n) is 5.40. The van der Waals surface area contributed by atoms with Crippen molar-refractivity contribution in [2.24, 2.45) is 5.11 Å². The maximum absolute atomic E-state index is 12.8. The molecule has 3 atom stereocenters.